The van der Waals surface area contributed by atoms with E-state index in [0.717, 1.165) is 51.4 Å². The van der Waals surface area contributed by atoms with E-state index in [2.05, 4.69) is 52.0 Å². The second kappa shape index (κ2) is 68.6. The number of rotatable bonds is 50. The molecule has 0 bridgehead atoms. The number of aliphatic carboxylic acids is 4. The second-order valence-electron chi connectivity index (χ2n) is 19.4. The first-order valence-corrected chi connectivity index (χ1v) is 29.3. The Balaban J connectivity index is -0.000000407. The lowest BCUT2D eigenvalue weighted by Gasteiger charge is -2.00. The quantitative estimate of drug-likeness (QED) is 0.0348. The number of carbonyl (C=O) groups is 4. The van der Waals surface area contributed by atoms with Gasteiger partial charge in [0, 0.05) is 25.7 Å². The number of hydrogen-bond acceptors (Lipinski definition) is 4. The van der Waals surface area contributed by atoms with E-state index < -0.39 is 23.9 Å². The van der Waals surface area contributed by atoms with Gasteiger partial charge in [0.05, 0.1) is 0 Å². The number of carboxylic acids is 4. The third-order valence-corrected chi connectivity index (χ3v) is 12.3. The fraction of sp³-hybridized carbons (Fsp3) is 0.867. The molecule has 0 aliphatic rings. The molecule has 0 saturated heterocycles. The van der Waals surface area contributed by atoms with Crippen molar-refractivity contribution >= 4 is 23.9 Å². The van der Waals surface area contributed by atoms with Crippen LogP contribution in [0.15, 0.2) is 24.3 Å². The van der Waals surface area contributed by atoms with Crippen molar-refractivity contribution in [3.8, 4) is 0 Å². The zero-order valence-corrected chi connectivity index (χ0v) is 45.7. The average molecular weight is 966 g/mol. The minimum atomic E-state index is -0.664. The van der Waals surface area contributed by atoms with Gasteiger partial charge in [-0.25, -0.2) is 0 Å². The van der Waals surface area contributed by atoms with Crippen LogP contribution >= 0.6 is 0 Å². The Hall–Kier alpha value is -2.64. The van der Waals surface area contributed by atoms with Gasteiger partial charge in [0.2, 0.25) is 0 Å². The lowest BCUT2D eigenvalue weighted by Crippen LogP contribution is -1.93. The van der Waals surface area contributed by atoms with Crippen molar-refractivity contribution in [3.63, 3.8) is 0 Å². The van der Waals surface area contributed by atoms with Crippen molar-refractivity contribution in [1.29, 1.82) is 0 Å². The molecule has 0 heterocycles. The highest BCUT2D eigenvalue weighted by atomic mass is 16.4. The molecule has 0 rings (SSSR count). The van der Waals surface area contributed by atoms with Crippen molar-refractivity contribution in [2.45, 2.75) is 336 Å². The van der Waals surface area contributed by atoms with E-state index >= 15 is 0 Å². The Kier molecular flexibility index (Phi) is 72.6. The highest BCUT2D eigenvalue weighted by Gasteiger charge is 1.99. The molecular weight excluding hydrogens is 849 g/mol. The minimum absolute atomic E-state index is 0.332. The summed E-state index contributed by atoms with van der Waals surface area (Å²) in [5.74, 6) is -2.65. The maximum absolute atomic E-state index is 10.3. The summed E-state index contributed by atoms with van der Waals surface area (Å²) in [5.41, 5.74) is 0. The number of carboxylic acid groups (broad SMARTS) is 4. The van der Waals surface area contributed by atoms with E-state index in [9.17, 15) is 19.2 Å². The summed E-state index contributed by atoms with van der Waals surface area (Å²) in [4.78, 5) is 41.1. The summed E-state index contributed by atoms with van der Waals surface area (Å²) in [7, 11) is 0. The molecule has 0 aromatic heterocycles. The molecular formula is C60H116O8. The van der Waals surface area contributed by atoms with Crippen molar-refractivity contribution in [2.24, 2.45) is 0 Å². The molecule has 8 nitrogen and oxygen atoms in total. The third kappa shape index (κ3) is 86.5. The van der Waals surface area contributed by atoms with Crippen molar-refractivity contribution in [3.05, 3.63) is 24.3 Å². The molecule has 0 amide bonds. The van der Waals surface area contributed by atoms with Crippen molar-refractivity contribution < 1.29 is 39.6 Å². The zero-order chi connectivity index (χ0) is 51.1. The minimum Gasteiger partial charge on any atom is -0.481 e. The van der Waals surface area contributed by atoms with Crippen molar-refractivity contribution in [2.75, 3.05) is 0 Å². The van der Waals surface area contributed by atoms with Gasteiger partial charge in [-0.15, -0.1) is 0 Å². The standard InChI is InChI=1S/2C18H34O2.2C12H24O2/c2*1-2-3-4-5-6-7-8-9-10-11-12-13-14-15-16-17-18(19)20;2*1-2-3-4-5-6-7-8-9-10-11-12(13)14/h2*9-10H,2-8,11-17H2,1H3,(H,19,20);2*2-11H2,1H3,(H,13,14). The molecule has 0 fully saturated rings. The molecule has 0 aromatic rings. The van der Waals surface area contributed by atoms with Crippen LogP contribution < -0.4 is 0 Å². The van der Waals surface area contributed by atoms with Gasteiger partial charge >= 0.3 is 23.9 Å². The highest BCUT2D eigenvalue weighted by Crippen LogP contribution is 2.14. The Morgan fingerprint density at radius 3 is 0.500 bits per heavy atom. The first-order chi connectivity index (χ1) is 33.1. The van der Waals surface area contributed by atoms with Gasteiger partial charge in [0.1, 0.15) is 0 Å². The smallest absolute Gasteiger partial charge is 0.303 e. The van der Waals surface area contributed by atoms with E-state index in [1.807, 2.05) is 0 Å². The van der Waals surface area contributed by atoms with Crippen LogP contribution in [0.4, 0.5) is 0 Å². The molecule has 404 valence electrons. The monoisotopic (exact) mass is 965 g/mol. The lowest BCUT2D eigenvalue weighted by molar-refractivity contribution is -0.138. The maximum Gasteiger partial charge on any atom is 0.303 e. The molecule has 0 aromatic carbocycles. The first-order valence-electron chi connectivity index (χ1n) is 29.3. The van der Waals surface area contributed by atoms with Gasteiger partial charge in [-0.05, 0) is 77.0 Å². The summed E-state index contributed by atoms with van der Waals surface area (Å²) < 4.78 is 0. The van der Waals surface area contributed by atoms with E-state index in [-0.39, 0.29) is 0 Å². The normalized spacial score (nSPS) is 10.9. The van der Waals surface area contributed by atoms with Gasteiger partial charge in [-0.2, -0.15) is 0 Å². The van der Waals surface area contributed by atoms with Gasteiger partial charge < -0.3 is 20.4 Å². The molecule has 8 heteroatoms. The van der Waals surface area contributed by atoms with Gasteiger partial charge in [-0.1, -0.05) is 257 Å². The SMILES string of the molecule is CCCCCCCCC=CCCCCCCCC(=O)O.CCCCCCCCC=CCCCCCCCC(=O)O.CCCCCCCCCCCC(=O)O.CCCCCCCCCCCC(=O)O. The number of unbranched alkanes of at least 4 members (excludes halogenated alkanes) is 38. The number of allylic oxidation sites excluding steroid dienone is 4. The predicted molar refractivity (Wildman–Crippen MR) is 293 cm³/mol. The summed E-state index contributed by atoms with van der Waals surface area (Å²) in [5, 5.41) is 33.8. The Morgan fingerprint density at radius 1 is 0.221 bits per heavy atom. The zero-order valence-electron chi connectivity index (χ0n) is 45.7. The largest absolute Gasteiger partial charge is 0.481 e. The van der Waals surface area contributed by atoms with Crippen LogP contribution in [0.3, 0.4) is 0 Å². The lowest BCUT2D eigenvalue weighted by atomic mass is 10.1. The van der Waals surface area contributed by atoms with E-state index in [1.165, 1.54) is 231 Å². The molecule has 0 atom stereocenters. The molecule has 0 spiro atoms. The van der Waals surface area contributed by atoms with E-state index in [4.69, 9.17) is 20.4 Å². The third-order valence-electron chi connectivity index (χ3n) is 12.3. The van der Waals surface area contributed by atoms with Crippen LogP contribution in [0, 0.1) is 0 Å². The topological polar surface area (TPSA) is 149 Å². The van der Waals surface area contributed by atoms with Crippen LogP contribution in [0.5, 0.6) is 0 Å². The molecule has 0 radical (unpaired) electrons. The summed E-state index contributed by atoms with van der Waals surface area (Å²) >= 11 is 0. The van der Waals surface area contributed by atoms with Gasteiger partial charge in [-0.3, -0.25) is 19.2 Å². The van der Waals surface area contributed by atoms with Crippen LogP contribution in [0.2, 0.25) is 0 Å². The van der Waals surface area contributed by atoms with E-state index in [0.29, 0.717) is 25.7 Å². The summed E-state index contributed by atoms with van der Waals surface area (Å²) in [6.45, 7) is 8.97. The van der Waals surface area contributed by atoms with Crippen molar-refractivity contribution in [1.82, 2.24) is 0 Å². The van der Waals surface area contributed by atoms with Gasteiger partial charge in [0.15, 0.2) is 0 Å². The van der Waals surface area contributed by atoms with E-state index in [1.54, 1.807) is 0 Å². The summed E-state index contributed by atoms with van der Waals surface area (Å²) in [6.07, 6.45) is 65.4. The molecule has 68 heavy (non-hydrogen) atoms. The average Bonchev–Trinajstić information content (AvgIpc) is 3.30. The number of hydrogen-bond donors (Lipinski definition) is 4. The van der Waals surface area contributed by atoms with Gasteiger partial charge in [0.25, 0.3) is 0 Å². The first kappa shape index (κ1) is 71.9. The molecule has 4 N–H and O–H groups in total. The Bertz CT molecular complexity index is 972. The maximum atomic E-state index is 10.3. The van der Waals surface area contributed by atoms with Crippen LogP contribution in [0.25, 0.3) is 0 Å². The molecule has 0 unspecified atom stereocenters. The molecule has 0 aliphatic carbocycles. The second-order valence-corrected chi connectivity index (χ2v) is 19.4. The van der Waals surface area contributed by atoms with Crippen LogP contribution in [0.1, 0.15) is 336 Å². The van der Waals surface area contributed by atoms with Crippen LogP contribution in [-0.2, 0) is 19.2 Å². The molecule has 0 aliphatic heterocycles. The highest BCUT2D eigenvalue weighted by molar-refractivity contribution is 5.67. The molecule has 0 saturated carbocycles. The Morgan fingerprint density at radius 2 is 0.353 bits per heavy atom. The summed E-state index contributed by atoms with van der Waals surface area (Å²) in [6, 6.07) is 0. The fourth-order valence-corrected chi connectivity index (χ4v) is 7.87. The fourth-order valence-electron chi connectivity index (χ4n) is 7.87. The Labute approximate surface area is 422 Å². The van der Waals surface area contributed by atoms with Crippen LogP contribution in [-0.4, -0.2) is 44.3 Å². The predicted octanol–water partition coefficient (Wildman–Crippen LogP) is 20.2.